The number of carbonyl (C=O) groups excluding carboxylic acids is 3. The van der Waals surface area contributed by atoms with Gasteiger partial charge in [0.1, 0.15) is 12.4 Å². The van der Waals surface area contributed by atoms with Crippen molar-refractivity contribution >= 4 is 34.8 Å². The van der Waals surface area contributed by atoms with Gasteiger partial charge in [-0.05, 0) is 44.2 Å². The minimum absolute atomic E-state index is 0.0320. The van der Waals surface area contributed by atoms with E-state index < -0.39 is 49.2 Å². The molecule has 4 heterocycles. The van der Waals surface area contributed by atoms with Crippen molar-refractivity contribution in [3.63, 3.8) is 0 Å². The lowest BCUT2D eigenvalue weighted by Crippen LogP contribution is -2.56. The zero-order chi connectivity index (χ0) is 26.5. The van der Waals surface area contributed by atoms with Crippen LogP contribution < -0.4 is 15.1 Å². The Hall–Kier alpha value is -4.28. The van der Waals surface area contributed by atoms with Gasteiger partial charge in [-0.15, -0.1) is 0 Å². The molecule has 37 heavy (non-hydrogen) atoms. The second-order valence-electron chi connectivity index (χ2n) is 9.14. The number of rotatable bonds is 5. The molecule has 1 atom stereocenters. The molecule has 0 radical (unpaired) electrons. The number of hydrogen-bond donors (Lipinski definition) is 1. The largest absolute Gasteiger partial charge is 0.344 e. The second kappa shape index (κ2) is 8.99. The van der Waals surface area contributed by atoms with Crippen molar-refractivity contribution in [3.05, 3.63) is 65.9 Å². The summed E-state index contributed by atoms with van der Waals surface area (Å²) in [5, 5.41) is 2.67. The quantitative estimate of drug-likeness (QED) is 0.412. The highest BCUT2D eigenvalue weighted by atomic mass is 19.3. The van der Waals surface area contributed by atoms with Gasteiger partial charge in [0.25, 0.3) is 5.92 Å². The van der Waals surface area contributed by atoms with Gasteiger partial charge >= 0.3 is 0 Å². The number of benzene rings is 1. The van der Waals surface area contributed by atoms with E-state index in [2.05, 4.69) is 15.3 Å². The molecular formula is C26H22F3N5O3. The van der Waals surface area contributed by atoms with E-state index in [1.807, 2.05) is 0 Å². The minimum atomic E-state index is -2.91. The Morgan fingerprint density at radius 1 is 1.16 bits per heavy atom. The van der Waals surface area contributed by atoms with Gasteiger partial charge in [0.2, 0.25) is 17.8 Å². The van der Waals surface area contributed by atoms with E-state index in [4.69, 9.17) is 0 Å². The molecule has 0 saturated carbocycles. The van der Waals surface area contributed by atoms with Crippen molar-refractivity contribution in [2.24, 2.45) is 0 Å². The molecule has 2 amide bonds. The molecule has 1 aromatic carbocycles. The number of nitrogens with zero attached hydrogens (tertiary/aromatic N) is 4. The third kappa shape index (κ3) is 4.52. The zero-order valence-corrected chi connectivity index (χ0v) is 20.0. The lowest BCUT2D eigenvalue weighted by molar-refractivity contribution is -0.122. The molecule has 1 fully saturated rings. The highest BCUT2D eigenvalue weighted by Crippen LogP contribution is 2.43. The number of fused-ring (bicyclic) bond motifs is 3. The van der Waals surface area contributed by atoms with E-state index in [0.29, 0.717) is 22.5 Å². The van der Waals surface area contributed by atoms with Crippen LogP contribution in [0.3, 0.4) is 0 Å². The molecule has 1 unspecified atom stereocenters. The van der Waals surface area contributed by atoms with Gasteiger partial charge in [0.05, 0.1) is 36.0 Å². The maximum atomic E-state index is 15.5. The Balaban J connectivity index is 1.53. The van der Waals surface area contributed by atoms with E-state index in [1.54, 1.807) is 43.3 Å². The van der Waals surface area contributed by atoms with Crippen LogP contribution >= 0.6 is 0 Å². The maximum absolute atomic E-state index is 15.5. The molecule has 2 aliphatic rings. The van der Waals surface area contributed by atoms with Crippen molar-refractivity contribution < 1.29 is 27.6 Å². The number of pyridine rings is 2. The molecular weight excluding hydrogens is 487 g/mol. The summed E-state index contributed by atoms with van der Waals surface area (Å²) < 4.78 is 42.5. The molecule has 0 bridgehead atoms. The summed E-state index contributed by atoms with van der Waals surface area (Å²) in [6, 6.07) is 10.8. The predicted molar refractivity (Wildman–Crippen MR) is 130 cm³/mol. The minimum Gasteiger partial charge on any atom is -0.344 e. The van der Waals surface area contributed by atoms with Crippen LogP contribution in [0.25, 0.3) is 11.1 Å². The molecule has 1 N–H and O–H groups in total. The molecule has 0 aliphatic carbocycles. The van der Waals surface area contributed by atoms with E-state index in [-0.39, 0.29) is 22.9 Å². The maximum Gasteiger partial charge on any atom is 0.282 e. The summed E-state index contributed by atoms with van der Waals surface area (Å²) in [7, 11) is 0. The lowest BCUT2D eigenvalue weighted by Gasteiger charge is -2.40. The van der Waals surface area contributed by atoms with Crippen LogP contribution in [0.1, 0.15) is 35.8 Å². The van der Waals surface area contributed by atoms with Crippen molar-refractivity contribution in [3.8, 4) is 11.1 Å². The van der Waals surface area contributed by atoms with Gasteiger partial charge in [0.15, 0.2) is 5.78 Å². The van der Waals surface area contributed by atoms with E-state index in [1.165, 1.54) is 24.1 Å². The Labute approximate surface area is 210 Å². The van der Waals surface area contributed by atoms with Crippen LogP contribution in [0, 0.1) is 5.95 Å². The van der Waals surface area contributed by atoms with Gasteiger partial charge < -0.3 is 15.1 Å². The SMILES string of the molecule is CC(=O)c1ccc(NC(=O)CN2C(=O)C(C)c3ncccc3-c3c2cc(N2CC(F)(F)C2)nc3F)cc1. The first-order valence-corrected chi connectivity index (χ1v) is 11.5. The van der Waals surface area contributed by atoms with E-state index >= 15 is 4.39 Å². The topological polar surface area (TPSA) is 95.5 Å². The van der Waals surface area contributed by atoms with Crippen LogP contribution in [-0.2, 0) is 9.59 Å². The molecule has 2 aromatic heterocycles. The number of ketones is 1. The van der Waals surface area contributed by atoms with Crippen molar-refractivity contribution in [2.75, 3.05) is 34.8 Å². The summed E-state index contributed by atoms with van der Waals surface area (Å²) in [6.45, 7) is 1.30. The van der Waals surface area contributed by atoms with Crippen molar-refractivity contribution in [2.45, 2.75) is 25.7 Å². The highest BCUT2D eigenvalue weighted by molar-refractivity contribution is 6.09. The van der Waals surface area contributed by atoms with Crippen LogP contribution in [0.5, 0.6) is 0 Å². The van der Waals surface area contributed by atoms with Gasteiger partial charge in [-0.25, -0.2) is 13.8 Å². The average Bonchev–Trinajstić information content (AvgIpc) is 2.92. The van der Waals surface area contributed by atoms with Crippen molar-refractivity contribution in [1.29, 1.82) is 0 Å². The Morgan fingerprint density at radius 3 is 2.51 bits per heavy atom. The number of carbonyl (C=O) groups is 3. The number of halogens is 3. The van der Waals surface area contributed by atoms with Crippen LogP contribution in [0.4, 0.5) is 30.4 Å². The first-order chi connectivity index (χ1) is 17.5. The first-order valence-electron chi connectivity index (χ1n) is 11.5. The third-order valence-electron chi connectivity index (χ3n) is 6.43. The smallest absolute Gasteiger partial charge is 0.282 e. The van der Waals surface area contributed by atoms with Crippen LogP contribution in [-0.4, -0.2) is 53.1 Å². The lowest BCUT2D eigenvalue weighted by atomic mass is 9.98. The normalized spacial score (nSPS) is 17.9. The summed E-state index contributed by atoms with van der Waals surface area (Å²) >= 11 is 0. The number of amides is 2. The van der Waals surface area contributed by atoms with E-state index in [0.717, 1.165) is 4.90 Å². The number of alkyl halides is 2. The van der Waals surface area contributed by atoms with Crippen LogP contribution in [0.15, 0.2) is 48.7 Å². The molecule has 1 saturated heterocycles. The molecule has 5 rings (SSSR count). The number of aromatic nitrogens is 2. The number of anilines is 3. The molecule has 8 nitrogen and oxygen atoms in total. The predicted octanol–water partition coefficient (Wildman–Crippen LogP) is 4.03. The fourth-order valence-corrected chi connectivity index (χ4v) is 4.53. The van der Waals surface area contributed by atoms with Gasteiger partial charge in [-0.3, -0.25) is 19.4 Å². The first kappa shape index (κ1) is 24.4. The summed E-state index contributed by atoms with van der Waals surface area (Å²) in [4.78, 5) is 48.6. The van der Waals surface area contributed by atoms with Crippen LogP contribution in [0.2, 0.25) is 0 Å². The Bertz CT molecular complexity index is 1420. The standard InChI is InChI=1S/C26H22F3N5O3/c1-14-23-18(4-3-9-30-23)22-19(10-20(32-24(22)27)33-12-26(28,29)13-33)34(25(14)37)11-21(36)31-17-7-5-16(6-8-17)15(2)35/h3-10,14H,11-13H2,1-2H3,(H,31,36). The molecule has 3 aromatic rings. The van der Waals surface area contributed by atoms with Gasteiger partial charge in [0, 0.05) is 29.1 Å². The zero-order valence-electron chi connectivity index (χ0n) is 20.0. The fraction of sp³-hybridized carbons (Fsp3) is 0.269. The molecule has 190 valence electrons. The van der Waals surface area contributed by atoms with Gasteiger partial charge in [-0.1, -0.05) is 6.07 Å². The fourth-order valence-electron chi connectivity index (χ4n) is 4.53. The van der Waals surface area contributed by atoms with Crippen molar-refractivity contribution in [1.82, 2.24) is 9.97 Å². The van der Waals surface area contributed by atoms with Gasteiger partial charge in [-0.2, -0.15) is 4.39 Å². The highest BCUT2D eigenvalue weighted by Gasteiger charge is 2.45. The number of Topliss-reactive ketones (excluding diaryl/α,β-unsaturated/α-hetero) is 1. The Morgan fingerprint density at radius 2 is 1.86 bits per heavy atom. The molecule has 2 aliphatic heterocycles. The Kier molecular flexibility index (Phi) is 5.93. The monoisotopic (exact) mass is 509 g/mol. The summed E-state index contributed by atoms with van der Waals surface area (Å²) in [6.07, 6.45) is 1.48. The molecule has 0 spiro atoms. The number of nitrogens with one attached hydrogen (secondary N) is 1. The average molecular weight is 509 g/mol. The summed E-state index contributed by atoms with van der Waals surface area (Å²) in [5.41, 5.74) is 1.55. The third-order valence-corrected chi connectivity index (χ3v) is 6.43. The second-order valence-corrected chi connectivity index (χ2v) is 9.14. The molecule has 11 heteroatoms. The van der Waals surface area contributed by atoms with E-state index in [9.17, 15) is 23.2 Å². The summed E-state index contributed by atoms with van der Waals surface area (Å²) in [5.74, 6) is -5.95. The number of hydrogen-bond acceptors (Lipinski definition) is 6.